The van der Waals surface area contributed by atoms with E-state index < -0.39 is 5.97 Å². The Kier molecular flexibility index (Phi) is 7.47. The second-order valence-corrected chi connectivity index (χ2v) is 5.97. The minimum Gasteiger partial charge on any atom is -0.455 e. The molecule has 0 saturated carbocycles. The van der Waals surface area contributed by atoms with Crippen LogP contribution in [0, 0.1) is 25.2 Å². The van der Waals surface area contributed by atoms with Crippen molar-refractivity contribution in [3.8, 4) is 6.07 Å². The van der Waals surface area contributed by atoms with Gasteiger partial charge in [0.15, 0.2) is 6.61 Å². The fourth-order valence-electron chi connectivity index (χ4n) is 1.58. The molecule has 0 bridgehead atoms. The summed E-state index contributed by atoms with van der Waals surface area (Å²) in [6.07, 6.45) is 0.263. The van der Waals surface area contributed by atoms with Gasteiger partial charge in [0.25, 0.3) is 5.91 Å². The van der Waals surface area contributed by atoms with Crippen LogP contribution in [0.25, 0.3) is 0 Å². The monoisotopic (exact) mass is 320 g/mol. The van der Waals surface area contributed by atoms with Crippen LogP contribution in [0.15, 0.2) is 23.1 Å². The number of amides is 1. The molecular formula is C16H20N2O3S. The molecule has 1 aromatic carbocycles. The van der Waals surface area contributed by atoms with Crippen LogP contribution in [0.5, 0.6) is 0 Å². The molecule has 0 aliphatic heterocycles. The van der Waals surface area contributed by atoms with Crippen molar-refractivity contribution >= 4 is 23.6 Å². The van der Waals surface area contributed by atoms with E-state index in [0.717, 1.165) is 4.90 Å². The van der Waals surface area contributed by atoms with Crippen LogP contribution in [0.2, 0.25) is 0 Å². The van der Waals surface area contributed by atoms with Gasteiger partial charge in [-0.25, -0.2) is 0 Å². The summed E-state index contributed by atoms with van der Waals surface area (Å²) >= 11 is 1.38. The first-order chi connectivity index (χ1) is 10.4. The van der Waals surface area contributed by atoms with E-state index >= 15 is 0 Å². The number of nitrogens with zero attached hydrogens (tertiary/aromatic N) is 2. The molecule has 1 amide bonds. The number of hydrogen-bond acceptors (Lipinski definition) is 5. The number of carbonyl (C=O) groups excluding carboxylic acids is 2. The topological polar surface area (TPSA) is 70.4 Å². The molecule has 1 rings (SSSR count). The lowest BCUT2D eigenvalue weighted by Gasteiger charge is -2.15. The molecule has 0 heterocycles. The highest BCUT2D eigenvalue weighted by molar-refractivity contribution is 8.00. The Labute approximate surface area is 135 Å². The molecule has 0 saturated heterocycles. The van der Waals surface area contributed by atoms with E-state index in [-0.39, 0.29) is 24.7 Å². The first kappa shape index (κ1) is 18.1. The number of ether oxygens (including phenoxy) is 1. The third-order valence-electron chi connectivity index (χ3n) is 3.18. The molecule has 0 aliphatic rings. The van der Waals surface area contributed by atoms with Gasteiger partial charge in [-0.2, -0.15) is 5.26 Å². The molecule has 0 fully saturated rings. The Hall–Kier alpha value is -2.00. The zero-order valence-corrected chi connectivity index (χ0v) is 13.9. The van der Waals surface area contributed by atoms with Crippen LogP contribution in [0.1, 0.15) is 17.5 Å². The van der Waals surface area contributed by atoms with E-state index in [1.54, 1.807) is 7.05 Å². The molecule has 0 unspecified atom stereocenters. The van der Waals surface area contributed by atoms with E-state index in [9.17, 15) is 9.59 Å². The number of hydrogen-bond donors (Lipinski definition) is 0. The standard InChI is InChI=1S/C16H20N2O3S/c1-12-5-6-14(9-13(12)2)22-11-16(20)21-10-15(19)18(3)8-4-7-17/h5-6,9H,4,8,10-11H2,1-3H3. The second-order valence-electron chi connectivity index (χ2n) is 4.92. The van der Waals surface area contributed by atoms with E-state index in [1.807, 2.05) is 38.1 Å². The second kappa shape index (κ2) is 9.11. The molecule has 22 heavy (non-hydrogen) atoms. The van der Waals surface area contributed by atoms with Gasteiger partial charge in [0.2, 0.25) is 0 Å². The van der Waals surface area contributed by atoms with Crippen molar-refractivity contribution < 1.29 is 14.3 Å². The van der Waals surface area contributed by atoms with Crippen molar-refractivity contribution in [2.75, 3.05) is 26.0 Å². The summed E-state index contributed by atoms with van der Waals surface area (Å²) < 4.78 is 4.95. The minimum atomic E-state index is -0.426. The van der Waals surface area contributed by atoms with Crippen LogP contribution >= 0.6 is 11.8 Å². The Morgan fingerprint density at radius 1 is 1.32 bits per heavy atom. The van der Waals surface area contributed by atoms with E-state index in [4.69, 9.17) is 10.00 Å². The predicted octanol–water partition coefficient (Wildman–Crippen LogP) is 2.31. The highest BCUT2D eigenvalue weighted by Gasteiger charge is 2.12. The average molecular weight is 320 g/mol. The Morgan fingerprint density at radius 3 is 2.68 bits per heavy atom. The third kappa shape index (κ3) is 6.19. The highest BCUT2D eigenvalue weighted by atomic mass is 32.2. The van der Waals surface area contributed by atoms with Gasteiger partial charge in [0.05, 0.1) is 18.2 Å². The molecule has 6 heteroatoms. The molecule has 118 valence electrons. The van der Waals surface area contributed by atoms with Crippen LogP contribution in [-0.2, 0) is 14.3 Å². The summed E-state index contributed by atoms with van der Waals surface area (Å²) in [6.45, 7) is 4.11. The SMILES string of the molecule is Cc1ccc(SCC(=O)OCC(=O)N(C)CCC#N)cc1C. The van der Waals surface area contributed by atoms with Gasteiger partial charge in [-0.3, -0.25) is 9.59 Å². The number of aryl methyl sites for hydroxylation is 2. The van der Waals surface area contributed by atoms with Crippen molar-refractivity contribution in [1.82, 2.24) is 4.90 Å². The van der Waals surface area contributed by atoms with Gasteiger partial charge in [-0.15, -0.1) is 11.8 Å². The molecule has 0 radical (unpaired) electrons. The highest BCUT2D eigenvalue weighted by Crippen LogP contribution is 2.21. The van der Waals surface area contributed by atoms with Crippen molar-refractivity contribution in [2.45, 2.75) is 25.2 Å². The number of esters is 1. The maximum Gasteiger partial charge on any atom is 0.316 e. The lowest BCUT2D eigenvalue weighted by atomic mass is 10.1. The summed E-state index contributed by atoms with van der Waals surface area (Å²) in [4.78, 5) is 25.7. The Balaban J connectivity index is 2.33. The van der Waals surface area contributed by atoms with Gasteiger partial charge < -0.3 is 9.64 Å². The maximum atomic E-state index is 11.6. The Morgan fingerprint density at radius 2 is 2.05 bits per heavy atom. The van der Waals surface area contributed by atoms with Crippen molar-refractivity contribution in [3.05, 3.63) is 29.3 Å². The average Bonchev–Trinajstić information content (AvgIpc) is 2.51. The van der Waals surface area contributed by atoms with Crippen LogP contribution in [-0.4, -0.2) is 42.7 Å². The molecule has 0 N–H and O–H groups in total. The van der Waals surface area contributed by atoms with Crippen LogP contribution in [0.3, 0.4) is 0 Å². The molecule has 1 aromatic rings. The summed E-state index contributed by atoms with van der Waals surface area (Å²) in [7, 11) is 1.58. The Bertz CT molecular complexity index is 581. The quantitative estimate of drug-likeness (QED) is 0.569. The fourth-order valence-corrected chi connectivity index (χ4v) is 2.37. The van der Waals surface area contributed by atoms with Gasteiger partial charge in [-0.05, 0) is 37.1 Å². The summed E-state index contributed by atoms with van der Waals surface area (Å²) in [6, 6.07) is 7.95. The van der Waals surface area contributed by atoms with Crippen molar-refractivity contribution in [1.29, 1.82) is 5.26 Å². The number of rotatable bonds is 7. The van der Waals surface area contributed by atoms with Crippen molar-refractivity contribution in [2.24, 2.45) is 0 Å². The van der Waals surface area contributed by atoms with E-state index in [0.29, 0.717) is 6.54 Å². The molecule has 0 atom stereocenters. The number of benzene rings is 1. The third-order valence-corrected chi connectivity index (χ3v) is 4.14. The minimum absolute atomic E-state index is 0.164. The zero-order valence-electron chi connectivity index (χ0n) is 13.1. The van der Waals surface area contributed by atoms with Crippen molar-refractivity contribution in [3.63, 3.8) is 0 Å². The fraction of sp³-hybridized carbons (Fsp3) is 0.438. The van der Waals surface area contributed by atoms with E-state index in [2.05, 4.69) is 0 Å². The lowest BCUT2D eigenvalue weighted by Crippen LogP contribution is -2.32. The summed E-state index contributed by atoms with van der Waals surface area (Å²) in [5.41, 5.74) is 2.38. The van der Waals surface area contributed by atoms with Gasteiger partial charge >= 0.3 is 5.97 Å². The van der Waals surface area contributed by atoms with E-state index in [1.165, 1.54) is 27.8 Å². The van der Waals surface area contributed by atoms with Crippen LogP contribution < -0.4 is 0 Å². The molecule has 0 aliphatic carbocycles. The van der Waals surface area contributed by atoms with Gasteiger partial charge in [0, 0.05) is 18.5 Å². The first-order valence-electron chi connectivity index (χ1n) is 6.90. The number of likely N-dealkylation sites (N-methyl/N-ethyl adjacent to an activating group) is 1. The molecule has 0 spiro atoms. The summed E-state index contributed by atoms with van der Waals surface area (Å²) in [5, 5.41) is 8.45. The largest absolute Gasteiger partial charge is 0.455 e. The van der Waals surface area contributed by atoms with Gasteiger partial charge in [-0.1, -0.05) is 6.07 Å². The zero-order chi connectivity index (χ0) is 16.5. The maximum absolute atomic E-state index is 11.6. The normalized spacial score (nSPS) is 9.91. The smallest absolute Gasteiger partial charge is 0.316 e. The molecule has 0 aromatic heterocycles. The van der Waals surface area contributed by atoms with Crippen LogP contribution in [0.4, 0.5) is 0 Å². The molecule has 5 nitrogen and oxygen atoms in total. The number of carbonyl (C=O) groups is 2. The predicted molar refractivity (Wildman–Crippen MR) is 85.5 cm³/mol. The van der Waals surface area contributed by atoms with Gasteiger partial charge in [0.1, 0.15) is 0 Å². The number of nitriles is 1. The lowest BCUT2D eigenvalue weighted by molar-refractivity contribution is -0.149. The summed E-state index contributed by atoms with van der Waals surface area (Å²) in [5.74, 6) is -0.567. The molecular weight excluding hydrogens is 300 g/mol. The first-order valence-corrected chi connectivity index (χ1v) is 7.89. The number of thioether (sulfide) groups is 1.